The second-order valence-electron chi connectivity index (χ2n) is 7.76. The van der Waals surface area contributed by atoms with E-state index in [9.17, 15) is 12.8 Å². The van der Waals surface area contributed by atoms with Crippen molar-refractivity contribution in [2.24, 2.45) is 0 Å². The van der Waals surface area contributed by atoms with Gasteiger partial charge in [0.1, 0.15) is 5.82 Å². The zero-order valence-electron chi connectivity index (χ0n) is 15.8. The Morgan fingerprint density at radius 1 is 1.00 bits per heavy atom. The lowest BCUT2D eigenvalue weighted by Crippen LogP contribution is -2.45. The Bertz CT molecular complexity index is 1130. The van der Waals surface area contributed by atoms with Gasteiger partial charge in [-0.25, -0.2) is 12.8 Å². The number of likely N-dealkylation sites (tertiary alicyclic amines) is 1. The fourth-order valence-corrected chi connectivity index (χ4v) is 7.33. The molecule has 1 saturated heterocycles. The first-order valence-corrected chi connectivity index (χ1v) is 12.0. The Morgan fingerprint density at radius 3 is 2.55 bits per heavy atom. The molecule has 2 aliphatic heterocycles. The summed E-state index contributed by atoms with van der Waals surface area (Å²) in [7, 11) is -3.62. The smallest absolute Gasteiger partial charge is 0.244 e. The molecule has 150 valence electrons. The van der Waals surface area contributed by atoms with E-state index in [2.05, 4.69) is 21.7 Å². The molecule has 0 N–H and O–H groups in total. The number of rotatable bonds is 4. The van der Waals surface area contributed by atoms with Crippen LogP contribution in [0.4, 0.5) is 4.39 Å². The van der Waals surface area contributed by atoms with E-state index in [4.69, 9.17) is 0 Å². The number of nitrogens with zero attached hydrogens (tertiary/aromatic N) is 2. The molecule has 0 unspecified atom stereocenters. The van der Waals surface area contributed by atoms with Gasteiger partial charge in [0, 0.05) is 26.2 Å². The van der Waals surface area contributed by atoms with Gasteiger partial charge in [-0.2, -0.15) is 15.6 Å². The molecule has 0 amide bonds. The van der Waals surface area contributed by atoms with Gasteiger partial charge >= 0.3 is 0 Å². The summed E-state index contributed by atoms with van der Waals surface area (Å²) in [6.45, 7) is 2.54. The molecule has 7 heteroatoms. The average molecular weight is 429 g/mol. The van der Waals surface area contributed by atoms with Gasteiger partial charge in [-0.15, -0.1) is 0 Å². The quantitative estimate of drug-likeness (QED) is 0.626. The molecule has 1 aromatic heterocycles. The molecular weight excluding hydrogens is 407 g/mol. The number of hydrogen-bond donors (Lipinski definition) is 0. The molecule has 0 saturated carbocycles. The van der Waals surface area contributed by atoms with E-state index in [1.807, 2.05) is 12.1 Å². The van der Waals surface area contributed by atoms with Gasteiger partial charge in [0.05, 0.1) is 10.4 Å². The van der Waals surface area contributed by atoms with Crippen molar-refractivity contribution in [3.8, 4) is 0 Å². The van der Waals surface area contributed by atoms with Crippen molar-refractivity contribution in [1.82, 2.24) is 9.21 Å². The number of thiophene rings is 1. The van der Waals surface area contributed by atoms with Crippen molar-refractivity contribution >= 4 is 21.4 Å². The first kappa shape index (κ1) is 18.9. The Balaban J connectivity index is 1.54. The Labute approximate surface area is 174 Å². The third-order valence-corrected chi connectivity index (χ3v) is 8.69. The van der Waals surface area contributed by atoms with Crippen LogP contribution in [0.2, 0.25) is 0 Å². The minimum atomic E-state index is -3.62. The predicted octanol–water partition coefficient (Wildman–Crippen LogP) is 4.19. The first-order valence-electron chi connectivity index (χ1n) is 9.59. The summed E-state index contributed by atoms with van der Waals surface area (Å²) in [5.41, 5.74) is 2.35. The van der Waals surface area contributed by atoms with E-state index in [1.54, 1.807) is 39.9 Å². The third-order valence-electron chi connectivity index (χ3n) is 5.99. The van der Waals surface area contributed by atoms with Crippen LogP contribution in [0.15, 0.2) is 70.3 Å². The molecule has 3 heterocycles. The van der Waals surface area contributed by atoms with Crippen LogP contribution in [0.25, 0.3) is 0 Å². The third kappa shape index (κ3) is 3.13. The van der Waals surface area contributed by atoms with Crippen molar-refractivity contribution in [1.29, 1.82) is 0 Å². The molecule has 3 aromatic rings. The number of halogens is 1. The lowest BCUT2D eigenvalue weighted by molar-refractivity contribution is 0.184. The van der Waals surface area contributed by atoms with E-state index in [0.717, 1.165) is 30.6 Å². The fraction of sp³-hybridized carbons (Fsp3) is 0.273. The molecule has 2 aromatic carbocycles. The molecule has 0 bridgehead atoms. The summed E-state index contributed by atoms with van der Waals surface area (Å²) >= 11 is 1.67. The Hall–Kier alpha value is -2.06. The number of hydrogen-bond acceptors (Lipinski definition) is 4. The largest absolute Gasteiger partial charge is 0.297 e. The first-order chi connectivity index (χ1) is 14.0. The summed E-state index contributed by atoms with van der Waals surface area (Å²) in [6.07, 6.45) is 0.745. The van der Waals surface area contributed by atoms with Crippen LogP contribution in [-0.2, 0) is 28.7 Å². The van der Waals surface area contributed by atoms with Gasteiger partial charge in [0.25, 0.3) is 0 Å². The van der Waals surface area contributed by atoms with Gasteiger partial charge in [-0.1, -0.05) is 30.3 Å². The van der Waals surface area contributed by atoms with Crippen molar-refractivity contribution in [2.45, 2.75) is 29.9 Å². The Morgan fingerprint density at radius 2 is 1.79 bits per heavy atom. The van der Waals surface area contributed by atoms with Crippen molar-refractivity contribution < 1.29 is 12.8 Å². The van der Waals surface area contributed by atoms with Gasteiger partial charge in [-0.3, -0.25) is 4.90 Å². The van der Waals surface area contributed by atoms with Crippen LogP contribution in [0.3, 0.4) is 0 Å². The molecular formula is C22H21FN2O2S2. The highest BCUT2D eigenvalue weighted by molar-refractivity contribution is 7.89. The number of benzene rings is 2. The van der Waals surface area contributed by atoms with Crippen molar-refractivity contribution in [2.75, 3.05) is 13.1 Å². The predicted molar refractivity (Wildman–Crippen MR) is 111 cm³/mol. The monoisotopic (exact) mass is 428 g/mol. The normalized spacial score (nSPS) is 23.6. The maximum Gasteiger partial charge on any atom is 0.244 e. The molecule has 29 heavy (non-hydrogen) atoms. The number of sulfonamides is 1. The molecule has 2 aliphatic rings. The molecule has 1 fully saturated rings. The molecule has 1 atom stereocenters. The lowest BCUT2D eigenvalue weighted by Gasteiger charge is -2.34. The maximum absolute atomic E-state index is 13.5. The van der Waals surface area contributed by atoms with Gasteiger partial charge in [0.2, 0.25) is 10.0 Å². The van der Waals surface area contributed by atoms with Crippen molar-refractivity contribution in [3.05, 3.63) is 87.9 Å². The lowest BCUT2D eigenvalue weighted by atomic mass is 9.88. The Kier molecular flexibility index (Phi) is 4.58. The summed E-state index contributed by atoms with van der Waals surface area (Å²) in [4.78, 5) is 2.73. The zero-order valence-corrected chi connectivity index (χ0v) is 17.4. The average Bonchev–Trinajstić information content (AvgIpc) is 3.41. The zero-order chi connectivity index (χ0) is 20.1. The number of fused-ring (bicyclic) bond motifs is 2. The SMILES string of the molecule is O=S1(=O)c2ccccc2[C@@]2(CCN(Cc3ccsc3)C2)N1Cc1ccc(F)cc1. The van der Waals surface area contributed by atoms with Crippen LogP contribution in [0.1, 0.15) is 23.1 Å². The molecule has 0 radical (unpaired) electrons. The van der Waals surface area contributed by atoms with E-state index in [1.165, 1.54) is 17.7 Å². The van der Waals surface area contributed by atoms with Crippen LogP contribution in [0.5, 0.6) is 0 Å². The molecule has 5 rings (SSSR count). The summed E-state index contributed by atoms with van der Waals surface area (Å²) < 4.78 is 42.0. The minimum Gasteiger partial charge on any atom is -0.297 e. The van der Waals surface area contributed by atoms with Crippen LogP contribution in [0, 0.1) is 5.82 Å². The topological polar surface area (TPSA) is 40.6 Å². The summed E-state index contributed by atoms with van der Waals surface area (Å²) in [5.74, 6) is -0.321. The second kappa shape index (κ2) is 7.02. The highest BCUT2D eigenvalue weighted by Gasteiger charge is 2.56. The molecule has 0 aliphatic carbocycles. The van der Waals surface area contributed by atoms with Crippen LogP contribution < -0.4 is 0 Å². The van der Waals surface area contributed by atoms with Crippen LogP contribution >= 0.6 is 11.3 Å². The van der Waals surface area contributed by atoms with Crippen molar-refractivity contribution in [3.63, 3.8) is 0 Å². The highest BCUT2D eigenvalue weighted by Crippen LogP contribution is 2.50. The van der Waals surface area contributed by atoms with E-state index >= 15 is 0 Å². The van der Waals surface area contributed by atoms with E-state index in [-0.39, 0.29) is 12.4 Å². The standard InChI is InChI=1S/C22H21FN2O2S2/c23-19-7-5-17(6-8-19)14-25-22(20-3-1-2-4-21(20)29(25,26)27)10-11-24(16-22)13-18-9-12-28-15-18/h1-9,12,15H,10-11,13-14,16H2/t22-/m0/s1. The van der Waals surface area contributed by atoms with Crippen LogP contribution in [-0.4, -0.2) is 30.7 Å². The molecule has 4 nitrogen and oxygen atoms in total. The van der Waals surface area contributed by atoms with Gasteiger partial charge < -0.3 is 0 Å². The maximum atomic E-state index is 13.5. The van der Waals surface area contributed by atoms with E-state index < -0.39 is 15.6 Å². The molecule has 1 spiro atoms. The fourth-order valence-electron chi connectivity index (χ4n) is 4.62. The minimum absolute atomic E-state index is 0.240. The van der Waals surface area contributed by atoms with Gasteiger partial charge in [0.15, 0.2) is 0 Å². The highest BCUT2D eigenvalue weighted by atomic mass is 32.2. The summed E-state index contributed by atoms with van der Waals surface area (Å²) in [6, 6.07) is 15.6. The van der Waals surface area contributed by atoms with Gasteiger partial charge in [-0.05, 0) is 58.1 Å². The van der Waals surface area contributed by atoms with E-state index in [0.29, 0.717) is 11.4 Å². The summed E-state index contributed by atoms with van der Waals surface area (Å²) in [5, 5.41) is 4.21. The second-order valence-corrected chi connectivity index (χ2v) is 10.4.